The molecule has 8 nitrogen and oxygen atoms in total. The number of rotatable bonds is 6. The Bertz CT molecular complexity index is 1200. The number of aryl methyl sites for hydroxylation is 1. The number of carbonyl (C=O) groups excluding carboxylic acids is 1. The molecule has 0 atom stereocenters. The number of amides is 1. The van der Waals surface area contributed by atoms with Crippen molar-refractivity contribution in [2.75, 3.05) is 18.4 Å². The van der Waals surface area contributed by atoms with Crippen molar-refractivity contribution in [3.63, 3.8) is 0 Å². The van der Waals surface area contributed by atoms with E-state index in [0.717, 1.165) is 23.5 Å². The van der Waals surface area contributed by atoms with E-state index in [2.05, 4.69) is 15.3 Å². The minimum Gasteiger partial charge on any atom is -0.320 e. The summed E-state index contributed by atoms with van der Waals surface area (Å²) in [6, 6.07) is 3.74. The summed E-state index contributed by atoms with van der Waals surface area (Å²) in [5.41, 5.74) is 0.0164. The van der Waals surface area contributed by atoms with Crippen LogP contribution in [0.2, 0.25) is 0 Å². The normalized spacial score (nSPS) is 15.6. The van der Waals surface area contributed by atoms with Crippen LogP contribution >= 0.6 is 11.3 Å². The maximum Gasteiger partial charge on any atom is 0.449 e. The van der Waals surface area contributed by atoms with Crippen LogP contribution in [0.5, 0.6) is 0 Å². The van der Waals surface area contributed by atoms with Crippen molar-refractivity contribution in [2.45, 2.75) is 36.9 Å². The molecule has 3 aromatic rings. The van der Waals surface area contributed by atoms with E-state index < -0.39 is 27.9 Å². The average Bonchev–Trinajstić information content (AvgIpc) is 3.45. The topological polar surface area (TPSA) is 97.2 Å². The second-order valence-corrected chi connectivity index (χ2v) is 9.81. The zero-order chi connectivity index (χ0) is 22.2. The van der Waals surface area contributed by atoms with Crippen molar-refractivity contribution in [1.82, 2.24) is 18.8 Å². The molecule has 2 aromatic heterocycles. The van der Waals surface area contributed by atoms with E-state index in [1.807, 2.05) is 0 Å². The maximum atomic E-state index is 13.6. The summed E-state index contributed by atoms with van der Waals surface area (Å²) in [5.74, 6) is -1.67. The summed E-state index contributed by atoms with van der Waals surface area (Å²) in [6.45, 7) is 0.494. The van der Waals surface area contributed by atoms with E-state index in [-0.39, 0.29) is 28.9 Å². The molecule has 4 rings (SSSR count). The van der Waals surface area contributed by atoms with Crippen molar-refractivity contribution >= 4 is 43.4 Å². The third kappa shape index (κ3) is 4.43. The number of aromatic nitrogens is 3. The van der Waals surface area contributed by atoms with Crippen LogP contribution < -0.4 is 5.32 Å². The number of benzene rings is 1. The van der Waals surface area contributed by atoms with Crippen molar-refractivity contribution < 1.29 is 26.4 Å². The van der Waals surface area contributed by atoms with Gasteiger partial charge in [-0.15, -0.1) is 11.3 Å². The van der Waals surface area contributed by atoms with Crippen LogP contribution in [-0.2, 0) is 27.5 Å². The van der Waals surface area contributed by atoms with Gasteiger partial charge in [0.15, 0.2) is 5.13 Å². The van der Waals surface area contributed by atoms with Crippen LogP contribution in [-0.4, -0.2) is 46.3 Å². The lowest BCUT2D eigenvalue weighted by Crippen LogP contribution is -2.27. The van der Waals surface area contributed by atoms with E-state index >= 15 is 0 Å². The number of fused-ring (bicyclic) bond motifs is 1. The lowest BCUT2D eigenvalue weighted by molar-refractivity contribution is -0.147. The van der Waals surface area contributed by atoms with Gasteiger partial charge in [0.25, 0.3) is 0 Å². The number of nitrogens with one attached hydrogen (secondary N) is 1. The fourth-order valence-electron chi connectivity index (χ4n) is 3.47. The zero-order valence-corrected chi connectivity index (χ0v) is 17.7. The molecule has 0 saturated carbocycles. The SMILES string of the molecule is O=C(CCn1c(C(F)(F)F)nc2cc(S(=O)(=O)N3CCCC3)ccc21)Nc1nccs1. The van der Waals surface area contributed by atoms with Gasteiger partial charge in [-0.1, -0.05) is 0 Å². The van der Waals surface area contributed by atoms with Gasteiger partial charge in [-0.2, -0.15) is 17.5 Å². The Kier molecular flexibility index (Phi) is 5.75. The van der Waals surface area contributed by atoms with Crippen LogP contribution in [0.15, 0.2) is 34.7 Å². The van der Waals surface area contributed by atoms with Gasteiger partial charge >= 0.3 is 6.18 Å². The molecular formula is C18H18F3N5O3S2. The molecule has 31 heavy (non-hydrogen) atoms. The Labute approximate surface area is 179 Å². The fraction of sp³-hybridized carbons (Fsp3) is 0.389. The monoisotopic (exact) mass is 473 g/mol. The highest BCUT2D eigenvalue weighted by Crippen LogP contribution is 2.33. The van der Waals surface area contributed by atoms with Crippen LogP contribution in [0, 0.1) is 0 Å². The Morgan fingerprint density at radius 3 is 2.61 bits per heavy atom. The van der Waals surface area contributed by atoms with Gasteiger partial charge in [0, 0.05) is 37.6 Å². The van der Waals surface area contributed by atoms with Gasteiger partial charge in [-0.05, 0) is 31.0 Å². The van der Waals surface area contributed by atoms with E-state index in [1.54, 1.807) is 5.38 Å². The molecule has 1 fully saturated rings. The number of thiazole rings is 1. The van der Waals surface area contributed by atoms with Gasteiger partial charge in [-0.25, -0.2) is 18.4 Å². The van der Waals surface area contributed by atoms with Crippen LogP contribution in [0.4, 0.5) is 18.3 Å². The van der Waals surface area contributed by atoms with Crippen LogP contribution in [0.3, 0.4) is 0 Å². The minimum absolute atomic E-state index is 0.0899. The van der Waals surface area contributed by atoms with Gasteiger partial charge in [0.05, 0.1) is 15.9 Å². The molecule has 0 spiro atoms. The summed E-state index contributed by atoms with van der Waals surface area (Å²) in [5, 5.41) is 4.54. The van der Waals surface area contributed by atoms with Gasteiger partial charge < -0.3 is 9.88 Å². The first kappa shape index (κ1) is 21.7. The summed E-state index contributed by atoms with van der Waals surface area (Å²) < 4.78 is 68.4. The van der Waals surface area contributed by atoms with Gasteiger partial charge in [0.1, 0.15) is 0 Å². The van der Waals surface area contributed by atoms with Gasteiger partial charge in [-0.3, -0.25) is 4.79 Å². The van der Waals surface area contributed by atoms with Crippen molar-refractivity contribution in [1.29, 1.82) is 0 Å². The zero-order valence-electron chi connectivity index (χ0n) is 16.1. The highest BCUT2D eigenvalue weighted by Gasteiger charge is 2.38. The number of hydrogen-bond acceptors (Lipinski definition) is 6. The molecule has 1 aliphatic rings. The average molecular weight is 474 g/mol. The number of sulfonamides is 1. The first-order valence-corrected chi connectivity index (χ1v) is 11.8. The van der Waals surface area contributed by atoms with Crippen LogP contribution in [0.25, 0.3) is 11.0 Å². The smallest absolute Gasteiger partial charge is 0.320 e. The molecule has 3 heterocycles. The summed E-state index contributed by atoms with van der Waals surface area (Å²) in [7, 11) is -3.79. The number of carbonyl (C=O) groups is 1. The predicted molar refractivity (Wildman–Crippen MR) is 108 cm³/mol. The first-order valence-electron chi connectivity index (χ1n) is 9.43. The molecular weight excluding hydrogens is 455 g/mol. The largest absolute Gasteiger partial charge is 0.449 e. The van der Waals surface area contributed by atoms with Crippen molar-refractivity contribution in [3.8, 4) is 0 Å². The molecule has 1 aliphatic heterocycles. The Balaban J connectivity index is 1.64. The Morgan fingerprint density at radius 2 is 1.97 bits per heavy atom. The van der Waals surface area contributed by atoms with Crippen molar-refractivity contribution in [3.05, 3.63) is 35.6 Å². The van der Waals surface area contributed by atoms with E-state index in [9.17, 15) is 26.4 Å². The van der Waals surface area contributed by atoms with E-state index in [0.29, 0.717) is 18.2 Å². The second kappa shape index (κ2) is 8.20. The summed E-state index contributed by atoms with van der Waals surface area (Å²) >= 11 is 1.20. The summed E-state index contributed by atoms with van der Waals surface area (Å²) in [6.07, 6.45) is -2.01. The number of halogens is 3. The quantitative estimate of drug-likeness (QED) is 0.592. The molecule has 13 heteroatoms. The standard InChI is InChI=1S/C18H18F3N5O3S2/c19-18(20,21)16-23-13-11-12(31(28,29)25-7-1-2-8-25)3-4-14(13)26(16)9-5-15(27)24-17-22-6-10-30-17/h3-4,6,10-11H,1-2,5,7-9H2,(H,22,24,27). The number of nitrogens with zero attached hydrogens (tertiary/aromatic N) is 4. The third-order valence-corrected chi connectivity index (χ3v) is 7.50. The molecule has 166 valence electrons. The number of hydrogen-bond donors (Lipinski definition) is 1. The molecule has 0 aliphatic carbocycles. The van der Waals surface area contributed by atoms with Crippen molar-refractivity contribution in [2.24, 2.45) is 0 Å². The first-order chi connectivity index (χ1) is 14.7. The molecule has 1 saturated heterocycles. The third-order valence-electron chi connectivity index (χ3n) is 4.92. The summed E-state index contributed by atoms with van der Waals surface area (Å²) in [4.78, 5) is 19.5. The molecule has 1 aromatic carbocycles. The highest BCUT2D eigenvalue weighted by atomic mass is 32.2. The molecule has 1 amide bonds. The Morgan fingerprint density at radius 1 is 1.23 bits per heavy atom. The number of imidazole rings is 1. The van der Waals surface area contributed by atoms with Crippen LogP contribution in [0.1, 0.15) is 25.1 Å². The number of anilines is 1. The fourth-order valence-corrected chi connectivity index (χ4v) is 5.55. The Hall–Kier alpha value is -2.51. The lowest BCUT2D eigenvalue weighted by atomic mass is 10.3. The maximum absolute atomic E-state index is 13.6. The molecule has 1 N–H and O–H groups in total. The van der Waals surface area contributed by atoms with E-state index in [4.69, 9.17) is 0 Å². The molecule has 0 radical (unpaired) electrons. The number of alkyl halides is 3. The minimum atomic E-state index is -4.77. The predicted octanol–water partition coefficient (Wildman–Crippen LogP) is 3.32. The lowest BCUT2D eigenvalue weighted by Gasteiger charge is -2.15. The highest BCUT2D eigenvalue weighted by molar-refractivity contribution is 7.89. The van der Waals surface area contributed by atoms with E-state index in [1.165, 1.54) is 34.0 Å². The molecule has 0 bridgehead atoms. The second-order valence-electron chi connectivity index (χ2n) is 6.98. The van der Waals surface area contributed by atoms with Gasteiger partial charge in [0.2, 0.25) is 21.8 Å². The molecule has 0 unspecified atom stereocenters.